The van der Waals surface area contributed by atoms with Gasteiger partial charge in [0, 0.05) is 33.6 Å². The van der Waals surface area contributed by atoms with Crippen LogP contribution in [-0.2, 0) is 33.6 Å². The summed E-state index contributed by atoms with van der Waals surface area (Å²) in [7, 11) is -1.06. The zero-order valence-electron chi connectivity index (χ0n) is 26.5. The average molecular weight is 818 g/mol. The van der Waals surface area contributed by atoms with Crippen LogP contribution in [0.1, 0.15) is 0 Å². The molecule has 0 N–H and O–H groups in total. The largest absolute Gasteiger partial charge is 0.747 e. The van der Waals surface area contributed by atoms with Crippen molar-refractivity contribution in [1.29, 1.82) is 0 Å². The first-order valence-corrected chi connectivity index (χ1v) is 19.2. The molecule has 250 valence electrons. The third kappa shape index (κ3) is 8.51. The Morgan fingerprint density at radius 3 is 1.47 bits per heavy atom. The quantitative estimate of drug-likeness (QED) is 0.0854. The molecule has 0 bridgehead atoms. The molecule has 0 heterocycles. The van der Waals surface area contributed by atoms with Gasteiger partial charge in [-0.1, -0.05) is 198 Å². The van der Waals surface area contributed by atoms with Crippen molar-refractivity contribution in [3.8, 4) is 11.1 Å². The standard InChI is InChI=1S/C27H19BrP.C17H14P.Fe.Ni/c28-25-18-19-26(27(25)24-17-9-11-20-10-7-8-16-23(20)24)29(21-12-3-1-4-13-21)22-14-5-2-6-15-22;1-3-9-15(10-4-1)18(17-13-7-8-14-17)16-11-5-2-6-12-16;;/h1-19H;1-14H;;/q-1;-5;;. The Bertz CT molecular complexity index is 2070. The predicted octanol–water partition coefficient (Wildman–Crippen LogP) is 9.91. The molecule has 0 saturated heterocycles. The van der Waals surface area contributed by atoms with Crippen molar-refractivity contribution in [1.82, 2.24) is 0 Å². The van der Waals surface area contributed by atoms with Crippen molar-refractivity contribution in [2.24, 2.45) is 0 Å². The van der Waals surface area contributed by atoms with Crippen LogP contribution in [0.2, 0.25) is 0 Å². The van der Waals surface area contributed by atoms with Gasteiger partial charge >= 0.3 is 0 Å². The van der Waals surface area contributed by atoms with Gasteiger partial charge in [-0.15, -0.1) is 32.9 Å². The fourth-order valence-corrected chi connectivity index (χ4v) is 11.5. The molecule has 5 heteroatoms. The van der Waals surface area contributed by atoms with Gasteiger partial charge in [0.1, 0.15) is 0 Å². The molecule has 8 rings (SSSR count). The molecule has 0 aliphatic heterocycles. The molecule has 0 spiro atoms. The van der Waals surface area contributed by atoms with Crippen LogP contribution in [0.4, 0.5) is 0 Å². The van der Waals surface area contributed by atoms with E-state index in [0.29, 0.717) is 0 Å². The van der Waals surface area contributed by atoms with Crippen LogP contribution in [0.25, 0.3) is 21.9 Å². The summed E-state index contributed by atoms with van der Waals surface area (Å²) in [4.78, 5) is 0. The summed E-state index contributed by atoms with van der Waals surface area (Å²) in [6.45, 7) is 0. The van der Waals surface area contributed by atoms with Crippen molar-refractivity contribution in [3.63, 3.8) is 0 Å². The van der Waals surface area contributed by atoms with E-state index in [4.69, 9.17) is 0 Å². The molecule has 0 aliphatic rings. The summed E-state index contributed by atoms with van der Waals surface area (Å²) in [6.07, 6.45) is 0. The predicted molar refractivity (Wildman–Crippen MR) is 212 cm³/mol. The summed E-state index contributed by atoms with van der Waals surface area (Å²) in [5, 5.41) is 10.9. The van der Waals surface area contributed by atoms with E-state index in [9.17, 15) is 0 Å². The van der Waals surface area contributed by atoms with Crippen molar-refractivity contribution < 1.29 is 33.6 Å². The Balaban J connectivity index is 0.000000203. The van der Waals surface area contributed by atoms with Gasteiger partial charge in [0.15, 0.2) is 0 Å². The van der Waals surface area contributed by atoms with Gasteiger partial charge < -0.3 is 29.6 Å². The summed E-state index contributed by atoms with van der Waals surface area (Å²) in [6, 6.07) is 71.8. The molecule has 0 aromatic heterocycles. The normalized spacial score (nSPS) is 10.6. The number of rotatable bonds is 7. The van der Waals surface area contributed by atoms with Crippen LogP contribution in [0.5, 0.6) is 0 Å². The number of hydrogen-bond acceptors (Lipinski definition) is 0. The summed E-state index contributed by atoms with van der Waals surface area (Å²) in [5.41, 5.74) is 2.59. The van der Waals surface area contributed by atoms with Gasteiger partial charge in [-0.25, -0.2) is 7.92 Å². The first kappa shape index (κ1) is 36.9. The average Bonchev–Trinajstić information content (AvgIpc) is 3.81. The van der Waals surface area contributed by atoms with Gasteiger partial charge in [0.05, 0.1) is 0 Å². The van der Waals surface area contributed by atoms with Gasteiger partial charge in [-0.05, 0) is 16.0 Å². The van der Waals surface area contributed by atoms with Crippen molar-refractivity contribution in [3.05, 3.63) is 205 Å². The smallest absolute Gasteiger partial charge is 0 e. The second-order valence-electron chi connectivity index (χ2n) is 11.1. The molecule has 8 aromatic carbocycles. The Morgan fingerprint density at radius 2 is 0.939 bits per heavy atom. The van der Waals surface area contributed by atoms with E-state index in [1.54, 1.807) is 0 Å². The molecule has 0 unspecified atom stereocenters. The molecular formula is C44H33BrFeNiP2-6. The zero-order chi connectivity index (χ0) is 31.8. The molecule has 8 aromatic rings. The Hall–Kier alpha value is -3.37. The second kappa shape index (κ2) is 18.0. The fraction of sp³-hybridized carbons (Fsp3) is 0. The zero-order valence-corrected chi connectivity index (χ0v) is 32.0. The van der Waals surface area contributed by atoms with E-state index in [2.05, 4.69) is 216 Å². The van der Waals surface area contributed by atoms with Crippen molar-refractivity contribution >= 4 is 74.4 Å². The number of hydrogen-bond donors (Lipinski definition) is 0. The minimum Gasteiger partial charge on any atom is -0.747 e. The van der Waals surface area contributed by atoms with Crippen molar-refractivity contribution in [2.75, 3.05) is 0 Å². The third-order valence-corrected chi connectivity index (χ3v) is 13.7. The van der Waals surface area contributed by atoms with E-state index >= 15 is 0 Å². The van der Waals surface area contributed by atoms with Gasteiger partial charge in [0.25, 0.3) is 0 Å². The molecule has 0 nitrogen and oxygen atoms in total. The first-order chi connectivity index (χ1) is 23.3. The molecule has 0 aliphatic carbocycles. The van der Waals surface area contributed by atoms with Gasteiger partial charge in [-0.2, -0.15) is 6.07 Å². The summed E-state index contributed by atoms with van der Waals surface area (Å²) >= 11 is 3.86. The Kier molecular flexibility index (Phi) is 13.6. The van der Waals surface area contributed by atoms with Gasteiger partial charge in [-0.3, -0.25) is 0 Å². The third-order valence-electron chi connectivity index (χ3n) is 8.14. The minimum absolute atomic E-state index is 0. The van der Waals surface area contributed by atoms with E-state index in [0.717, 1.165) is 4.47 Å². The first-order valence-electron chi connectivity index (χ1n) is 15.7. The Morgan fingerprint density at radius 1 is 0.490 bits per heavy atom. The van der Waals surface area contributed by atoms with Crippen LogP contribution in [0.15, 0.2) is 205 Å². The maximum atomic E-state index is 3.86. The van der Waals surface area contributed by atoms with E-state index < -0.39 is 15.8 Å². The van der Waals surface area contributed by atoms with Gasteiger partial charge in [0.2, 0.25) is 0 Å². The molecule has 0 radical (unpaired) electrons. The van der Waals surface area contributed by atoms with Crippen LogP contribution in [0, 0.1) is 0 Å². The summed E-state index contributed by atoms with van der Waals surface area (Å²) in [5.74, 6) is 0. The molecule has 0 atom stereocenters. The maximum Gasteiger partial charge on any atom is 0 e. The van der Waals surface area contributed by atoms with E-state index in [1.165, 1.54) is 53.7 Å². The fourth-order valence-electron chi connectivity index (χ4n) is 6.03. The second-order valence-corrected chi connectivity index (χ2v) is 16.4. The molecule has 0 saturated carbocycles. The van der Waals surface area contributed by atoms with Crippen molar-refractivity contribution in [2.45, 2.75) is 0 Å². The van der Waals surface area contributed by atoms with Crippen LogP contribution in [-0.4, -0.2) is 0 Å². The van der Waals surface area contributed by atoms with Crippen LogP contribution in [0.3, 0.4) is 0 Å². The summed E-state index contributed by atoms with van der Waals surface area (Å²) < 4.78 is 1.16. The van der Waals surface area contributed by atoms with E-state index in [1.807, 2.05) is 0 Å². The SMILES string of the molecule is Br[c-]1ccc(P(c2ccccc2)c2ccccc2)c1-c1cccc2ccccc12.[Fe].[Ni].c1ccc(P(c2ccccc2)[c-]2[cH-][cH-][cH-][cH-]2)cc1. The number of benzene rings is 6. The molecular weight excluding hydrogens is 785 g/mol. The Labute approximate surface area is 321 Å². The van der Waals surface area contributed by atoms with Crippen LogP contribution >= 0.6 is 31.8 Å². The number of halogens is 1. The molecule has 49 heavy (non-hydrogen) atoms. The topological polar surface area (TPSA) is 0 Å². The van der Waals surface area contributed by atoms with E-state index in [-0.39, 0.29) is 33.6 Å². The maximum absolute atomic E-state index is 3.86. The molecule has 0 fully saturated rings. The minimum atomic E-state index is -0.655. The van der Waals surface area contributed by atoms with Crippen LogP contribution < -0.4 is 31.8 Å². The number of fused-ring (bicyclic) bond motifs is 1. The monoisotopic (exact) mass is 816 g/mol. The molecule has 0 amide bonds.